The molecule has 0 fully saturated rings. The van der Waals surface area contributed by atoms with Gasteiger partial charge in [-0.05, 0) is 12.5 Å². The Balaban J connectivity index is 4.15. The summed E-state index contributed by atoms with van der Waals surface area (Å²) in [6.45, 7) is 5.06. The van der Waals surface area contributed by atoms with E-state index >= 15 is 0 Å². The second-order valence-corrected chi connectivity index (χ2v) is 3.02. The van der Waals surface area contributed by atoms with Crippen molar-refractivity contribution in [2.45, 2.75) is 6.92 Å². The fourth-order valence-corrected chi connectivity index (χ4v) is 1.22. The zero-order valence-electron chi connectivity index (χ0n) is 8.46. The molecular weight excluding hydrogens is 204 g/mol. The van der Waals surface area contributed by atoms with Crippen LogP contribution in [-0.2, 0) is 0 Å². The van der Waals surface area contributed by atoms with Gasteiger partial charge in [-0.15, -0.1) is 0 Å². The van der Waals surface area contributed by atoms with E-state index in [9.17, 15) is 4.79 Å². The average molecular weight is 210 g/mol. The highest BCUT2D eigenvalue weighted by Crippen LogP contribution is 1.93. The van der Waals surface area contributed by atoms with Crippen molar-refractivity contribution >= 4 is 12.2 Å². The Kier molecular flexibility index (Phi) is 2.90. The molecule has 76 valence electrons. The van der Waals surface area contributed by atoms with Gasteiger partial charge in [0.15, 0.2) is 5.57 Å². The predicted octanol–water partition coefficient (Wildman–Crippen LogP) is -0.837. The number of nitrogens with zero attached hydrogens (tertiary/aromatic N) is 3. The summed E-state index contributed by atoms with van der Waals surface area (Å²) in [5.74, 6) is 0. The summed E-state index contributed by atoms with van der Waals surface area (Å²) < 4.78 is 0. The minimum Gasteiger partial charge on any atom is -0.319 e. The van der Waals surface area contributed by atoms with Gasteiger partial charge in [0.25, 0.3) is 5.56 Å². The van der Waals surface area contributed by atoms with Gasteiger partial charge in [-0.3, -0.25) is 4.79 Å². The van der Waals surface area contributed by atoms with E-state index in [0.29, 0.717) is 5.56 Å². The van der Waals surface area contributed by atoms with E-state index in [1.165, 1.54) is 0 Å². The average Bonchev–Trinajstić information content (AvgIpc) is 2.28. The van der Waals surface area contributed by atoms with Crippen molar-refractivity contribution < 1.29 is 0 Å². The lowest BCUT2D eigenvalue weighted by atomic mass is 10.1. The molecule has 1 aromatic heterocycles. The number of aromatic nitrogens is 1. The summed E-state index contributed by atoms with van der Waals surface area (Å²) in [6.07, 6.45) is 0. The number of nitrogens with one attached hydrogen (secondary N) is 1. The van der Waals surface area contributed by atoms with Crippen LogP contribution in [-0.4, -0.2) is 4.98 Å². The number of hydrogen-bond acceptors (Lipinski definition) is 4. The molecule has 1 rings (SSSR count). The molecule has 16 heavy (non-hydrogen) atoms. The molecule has 0 unspecified atom stereocenters. The Morgan fingerprint density at radius 1 is 1.31 bits per heavy atom. The summed E-state index contributed by atoms with van der Waals surface area (Å²) in [6, 6.07) is 5.11. The van der Waals surface area contributed by atoms with E-state index in [0.717, 1.165) is 0 Å². The van der Waals surface area contributed by atoms with Crippen LogP contribution < -0.4 is 16.1 Å². The molecule has 0 atom stereocenters. The van der Waals surface area contributed by atoms with Crippen molar-refractivity contribution in [1.82, 2.24) is 4.98 Å². The monoisotopic (exact) mass is 210 g/mol. The van der Waals surface area contributed by atoms with Gasteiger partial charge in [-0.2, -0.15) is 15.8 Å². The van der Waals surface area contributed by atoms with Gasteiger partial charge in [-0.1, -0.05) is 6.58 Å². The fourth-order valence-electron chi connectivity index (χ4n) is 1.22. The van der Waals surface area contributed by atoms with Gasteiger partial charge in [0.2, 0.25) is 0 Å². The topological polar surface area (TPSA) is 104 Å². The van der Waals surface area contributed by atoms with Gasteiger partial charge in [0.05, 0.1) is 10.9 Å². The highest BCUT2D eigenvalue weighted by atomic mass is 16.1. The molecule has 0 aliphatic carbocycles. The van der Waals surface area contributed by atoms with E-state index in [4.69, 9.17) is 15.8 Å². The number of pyridine rings is 1. The largest absolute Gasteiger partial charge is 0.319 e. The first-order valence-electron chi connectivity index (χ1n) is 4.23. The second kappa shape index (κ2) is 4.13. The zero-order chi connectivity index (χ0) is 12.3. The lowest BCUT2D eigenvalue weighted by Crippen LogP contribution is -2.37. The maximum Gasteiger partial charge on any atom is 0.255 e. The third kappa shape index (κ3) is 1.56. The van der Waals surface area contributed by atoms with Gasteiger partial charge >= 0.3 is 0 Å². The van der Waals surface area contributed by atoms with Crippen LogP contribution in [0.3, 0.4) is 0 Å². The van der Waals surface area contributed by atoms with Crippen molar-refractivity contribution in [2.24, 2.45) is 0 Å². The van der Waals surface area contributed by atoms with Crippen molar-refractivity contribution in [3.05, 3.63) is 32.0 Å². The van der Waals surface area contributed by atoms with Crippen LogP contribution in [0.25, 0.3) is 12.2 Å². The van der Waals surface area contributed by atoms with Gasteiger partial charge in [-0.25, -0.2) is 0 Å². The molecule has 0 bridgehead atoms. The quantitative estimate of drug-likeness (QED) is 0.602. The Morgan fingerprint density at radius 2 is 1.88 bits per heavy atom. The minimum atomic E-state index is -0.505. The van der Waals surface area contributed by atoms with E-state index in [1.54, 1.807) is 19.1 Å². The molecule has 1 heterocycles. The van der Waals surface area contributed by atoms with Crippen LogP contribution >= 0.6 is 0 Å². The van der Waals surface area contributed by atoms with E-state index in [1.807, 2.05) is 6.07 Å². The molecule has 0 spiro atoms. The highest BCUT2D eigenvalue weighted by Gasteiger charge is 2.07. The van der Waals surface area contributed by atoms with Crippen molar-refractivity contribution in [3.8, 4) is 18.2 Å². The van der Waals surface area contributed by atoms with Gasteiger partial charge < -0.3 is 4.98 Å². The van der Waals surface area contributed by atoms with Crippen molar-refractivity contribution in [2.75, 3.05) is 0 Å². The fraction of sp³-hybridized carbons (Fsp3) is 0.0909. The first kappa shape index (κ1) is 11.2. The molecule has 0 aliphatic rings. The van der Waals surface area contributed by atoms with E-state index < -0.39 is 5.56 Å². The molecule has 0 aliphatic heterocycles. The number of rotatable bonds is 0. The Labute approximate surface area is 90.8 Å². The second-order valence-electron chi connectivity index (χ2n) is 3.02. The molecule has 0 radical (unpaired) electrons. The number of H-pyrrole nitrogens is 1. The summed E-state index contributed by atoms with van der Waals surface area (Å²) in [7, 11) is 0. The number of aromatic amines is 1. The Bertz CT molecular complexity index is 719. The summed E-state index contributed by atoms with van der Waals surface area (Å²) >= 11 is 0. The molecular formula is C11H6N4O. The normalized spacial score (nSPS) is 8.62. The smallest absolute Gasteiger partial charge is 0.255 e. The standard InChI is InChI=1S/C11H6N4O/c1-6-7(2)11(16)15-10(9(6)5-14)8(3-12)4-13/h2H2,1H3,(H,15,16). The van der Waals surface area contributed by atoms with E-state index in [2.05, 4.69) is 11.6 Å². The maximum absolute atomic E-state index is 11.4. The molecule has 5 heteroatoms. The lowest BCUT2D eigenvalue weighted by Gasteiger charge is -1.98. The summed E-state index contributed by atoms with van der Waals surface area (Å²) in [4.78, 5) is 13.7. The lowest BCUT2D eigenvalue weighted by molar-refractivity contribution is 1.10. The number of hydrogen-bond donors (Lipinski definition) is 1. The van der Waals surface area contributed by atoms with Crippen LogP contribution in [0.2, 0.25) is 0 Å². The van der Waals surface area contributed by atoms with Crippen LogP contribution in [0, 0.1) is 40.9 Å². The van der Waals surface area contributed by atoms with Crippen LogP contribution in [0.1, 0.15) is 11.1 Å². The van der Waals surface area contributed by atoms with Gasteiger partial charge in [0.1, 0.15) is 18.2 Å². The minimum absolute atomic E-state index is 0.0394. The molecule has 0 aromatic carbocycles. The predicted molar refractivity (Wildman–Crippen MR) is 55.9 cm³/mol. The third-order valence-corrected chi connectivity index (χ3v) is 2.18. The summed E-state index contributed by atoms with van der Waals surface area (Å²) in [5, 5.41) is 26.4. The zero-order valence-corrected chi connectivity index (χ0v) is 8.46. The molecule has 5 nitrogen and oxygen atoms in total. The first-order valence-corrected chi connectivity index (χ1v) is 4.23. The summed E-state index contributed by atoms with van der Waals surface area (Å²) in [5.41, 5.74) is -0.321. The first-order chi connectivity index (χ1) is 7.56. The van der Waals surface area contributed by atoms with Crippen LogP contribution in [0.4, 0.5) is 0 Å². The SMILES string of the molecule is C=c1c(C)c(C#N)c(=C(C#N)C#N)[nH]c1=O. The van der Waals surface area contributed by atoms with Crippen molar-refractivity contribution in [3.63, 3.8) is 0 Å². The Morgan fingerprint density at radius 3 is 2.31 bits per heavy atom. The van der Waals surface area contributed by atoms with Crippen LogP contribution in [0.5, 0.6) is 0 Å². The van der Waals surface area contributed by atoms with E-state index in [-0.39, 0.29) is 21.7 Å². The molecule has 0 amide bonds. The van der Waals surface area contributed by atoms with Gasteiger partial charge in [0, 0.05) is 5.22 Å². The highest BCUT2D eigenvalue weighted by molar-refractivity contribution is 5.73. The third-order valence-electron chi connectivity index (χ3n) is 2.18. The molecule has 1 N–H and O–H groups in total. The van der Waals surface area contributed by atoms with Crippen LogP contribution in [0.15, 0.2) is 4.79 Å². The van der Waals surface area contributed by atoms with Crippen molar-refractivity contribution in [1.29, 1.82) is 15.8 Å². The molecule has 0 saturated heterocycles. The maximum atomic E-state index is 11.4. The number of nitriles is 3. The molecule has 0 saturated carbocycles. The Hall–Kier alpha value is -2.84. The molecule has 1 aromatic rings.